The molecule has 1 saturated carbocycles. The van der Waals surface area contributed by atoms with Crippen LogP contribution >= 0.6 is 39.7 Å². The molecule has 5 aromatic carbocycles. The Hall–Kier alpha value is -8.16. The van der Waals surface area contributed by atoms with Crippen molar-refractivity contribution >= 4 is 138 Å². The molecule has 3 aliphatic heterocycles. The minimum Gasteiger partial charge on any atom is -0.355 e. The van der Waals surface area contributed by atoms with Crippen LogP contribution in [-0.2, 0) is 47.5 Å². The average Bonchev–Trinajstić information content (AvgIpc) is 2.65. The quantitative estimate of drug-likeness (QED) is 0.00847. The van der Waals surface area contributed by atoms with Gasteiger partial charge < -0.3 is 31.1 Å². The third kappa shape index (κ3) is 13.4. The van der Waals surface area contributed by atoms with Crippen LogP contribution in [0.5, 0.6) is 11.5 Å². The summed E-state index contributed by atoms with van der Waals surface area (Å²) in [5.74, 6) is -4.14. The Bertz CT molecular complexity index is 3640. The maximum Gasteiger partial charge on any atom is 0.747 e. The summed E-state index contributed by atoms with van der Waals surface area (Å²) in [4.78, 5) is 129. The van der Waals surface area contributed by atoms with E-state index >= 15 is 0 Å². The number of nitrogens with one attached hydrogen (secondary N) is 4. The van der Waals surface area contributed by atoms with Gasteiger partial charge in [-0.15, -0.1) is 21.4 Å². The van der Waals surface area contributed by atoms with Gasteiger partial charge in [-0.2, -0.15) is 0 Å². The lowest BCUT2D eigenvalue weighted by molar-refractivity contribution is -0.150. The van der Waals surface area contributed by atoms with Gasteiger partial charge in [-0.1, -0.05) is 84.8 Å². The first-order valence-corrected chi connectivity index (χ1v) is 30.2. The first kappa shape index (κ1) is 60.4. The number of carbonyl (C=O) groups excluding carboxylic acids is 8. The fraction of sp³-hybridized carbons (Fsp3) is 0.288. The maximum atomic E-state index is 14.3. The number of alkyl halides is 1. The summed E-state index contributed by atoms with van der Waals surface area (Å²) in [6, 6.07) is 22.2. The fourth-order valence-corrected chi connectivity index (χ4v) is 12.0. The lowest BCUT2D eigenvalue weighted by Gasteiger charge is -2.38. The smallest absolute Gasteiger partial charge is 0.355 e. The van der Waals surface area contributed by atoms with Gasteiger partial charge >= 0.3 is 16.5 Å². The zero-order valence-corrected chi connectivity index (χ0v) is 48.3. The molecule has 9 rings (SSSR count). The minimum atomic E-state index is -3.06. The molecule has 5 aromatic rings. The van der Waals surface area contributed by atoms with Crippen LogP contribution in [0, 0.1) is 5.41 Å². The predicted molar refractivity (Wildman–Crippen MR) is 317 cm³/mol. The Labute approximate surface area is 493 Å². The molecule has 434 valence electrons. The Morgan fingerprint density at radius 3 is 1.89 bits per heavy atom. The molecule has 4 aliphatic rings. The number of fused-ring (bicyclic) bond motifs is 6. The van der Waals surface area contributed by atoms with Gasteiger partial charge in [0.2, 0.25) is 23.6 Å². The molecule has 8 amide bonds. The molecule has 0 spiro atoms. The van der Waals surface area contributed by atoms with Crippen LogP contribution in [0.3, 0.4) is 0 Å². The number of unbranched alkanes of at least 4 members (excludes halogenated alkanes) is 2. The highest BCUT2D eigenvalue weighted by molar-refractivity contribution is 7.32. The van der Waals surface area contributed by atoms with Crippen molar-refractivity contribution in [2.45, 2.75) is 56.8 Å². The zero-order valence-electron chi connectivity index (χ0n) is 45.0. The molecular formula is C59H57Cl2N7O14P2+2. The van der Waals surface area contributed by atoms with Crippen LogP contribution in [-0.4, -0.2) is 107 Å². The predicted octanol–water partition coefficient (Wildman–Crippen LogP) is 8.27. The highest BCUT2D eigenvalue weighted by Crippen LogP contribution is 2.49. The largest absolute Gasteiger partial charge is 0.747 e. The van der Waals surface area contributed by atoms with Crippen LogP contribution in [0.2, 0.25) is 0 Å². The molecule has 0 radical (unpaired) electrons. The number of imide groups is 1. The topological polar surface area (TPSA) is 287 Å². The monoisotopic (exact) mass is 1220 g/mol. The van der Waals surface area contributed by atoms with E-state index in [4.69, 9.17) is 32.2 Å². The molecular weight excluding hydrogens is 1160 g/mol. The number of nitrogens with zero attached hydrogens (tertiary/aromatic N) is 3. The van der Waals surface area contributed by atoms with Crippen molar-refractivity contribution in [2.24, 2.45) is 5.41 Å². The fourth-order valence-electron chi connectivity index (χ4n) is 10.9. The molecule has 4 atom stereocenters. The first-order valence-electron chi connectivity index (χ1n) is 26.9. The molecule has 3 unspecified atom stereocenters. The van der Waals surface area contributed by atoms with Crippen LogP contribution in [0.1, 0.15) is 79.0 Å². The second-order valence-corrected chi connectivity index (χ2v) is 22.2. The normalized spacial score (nSPS) is 17.2. The molecule has 25 heteroatoms. The molecule has 0 aromatic heterocycles. The van der Waals surface area contributed by atoms with E-state index < -0.39 is 63.9 Å². The summed E-state index contributed by atoms with van der Waals surface area (Å²) >= 11 is 12.5. The van der Waals surface area contributed by atoms with Gasteiger partial charge in [-0.25, -0.2) is 9.05 Å². The summed E-state index contributed by atoms with van der Waals surface area (Å²) in [6.45, 7) is 0.286. The summed E-state index contributed by atoms with van der Waals surface area (Å²) in [5.41, 5.74) is 3.46. The molecule has 21 nitrogen and oxygen atoms in total. The number of rotatable bonds is 24. The minimum absolute atomic E-state index is 0.0912. The second-order valence-electron chi connectivity index (χ2n) is 20.3. The van der Waals surface area contributed by atoms with Crippen LogP contribution in [0.15, 0.2) is 115 Å². The number of carbonyl (C=O) groups is 8. The van der Waals surface area contributed by atoms with Crippen molar-refractivity contribution in [1.29, 1.82) is 0 Å². The van der Waals surface area contributed by atoms with E-state index in [-0.39, 0.29) is 85.9 Å². The lowest BCUT2D eigenvalue weighted by Crippen LogP contribution is -2.56. The van der Waals surface area contributed by atoms with E-state index in [1.54, 1.807) is 66.7 Å². The van der Waals surface area contributed by atoms with Gasteiger partial charge in [0.15, 0.2) is 11.5 Å². The standard InChI is InChI=1S/C59H55Cl2N7O14P2/c60-25-21-38-34-67(45-30-47(81-83(77)78)40-9-2-4-11-42(40)55(38)45)54(74)18-16-37-15-13-36(14-17-53(73)68-35-39(32-61)56-43-12-5-3-10-41(43)48(31-46(56)68)82-84(79)80)29-44(37)65-49(69)22-27-62-50(70)33-64-58(76)59(23-8-24-59)57(75)63-26-6-1-7-28-66-51(71)19-20-52(66)72/h2-5,9-21,25,29-31,38-39H,1,6-8,22-24,26-28,32-35H2,(H4-2,62,63,64,65,69,70,74,75,76,77,78,79,80)/p+2/b17-14+,25-21+/t38?,39-/m1/s1. The van der Waals surface area contributed by atoms with E-state index in [9.17, 15) is 57.3 Å². The van der Waals surface area contributed by atoms with Gasteiger partial charge in [-0.3, -0.25) is 43.3 Å². The Balaban J connectivity index is 0.880. The van der Waals surface area contributed by atoms with Gasteiger partial charge in [-0.05, 0) is 83.3 Å². The summed E-state index contributed by atoms with van der Waals surface area (Å²) in [6.07, 6.45) is 12.6. The number of hydrogen-bond donors (Lipinski definition) is 6. The second kappa shape index (κ2) is 27.0. The highest BCUT2D eigenvalue weighted by atomic mass is 35.5. The molecule has 3 heterocycles. The molecule has 1 fully saturated rings. The number of halogens is 2. The highest BCUT2D eigenvalue weighted by Gasteiger charge is 2.50. The zero-order chi connectivity index (χ0) is 59.7. The van der Waals surface area contributed by atoms with Crippen LogP contribution < -0.4 is 40.1 Å². The van der Waals surface area contributed by atoms with Crippen LogP contribution in [0.4, 0.5) is 17.1 Å². The Morgan fingerprint density at radius 2 is 1.29 bits per heavy atom. The van der Waals surface area contributed by atoms with E-state index in [2.05, 4.69) is 21.3 Å². The Morgan fingerprint density at radius 1 is 0.690 bits per heavy atom. The number of anilines is 3. The molecule has 0 bridgehead atoms. The third-order valence-electron chi connectivity index (χ3n) is 15.2. The van der Waals surface area contributed by atoms with Gasteiger partial charge in [0, 0.05) is 124 Å². The Kier molecular flexibility index (Phi) is 19.5. The van der Waals surface area contributed by atoms with Crippen molar-refractivity contribution in [1.82, 2.24) is 20.9 Å². The maximum absolute atomic E-state index is 14.3. The number of hydrogen-bond acceptors (Lipinski definition) is 12. The third-order valence-corrected chi connectivity index (χ3v) is 16.4. The van der Waals surface area contributed by atoms with E-state index in [0.717, 1.165) is 16.0 Å². The van der Waals surface area contributed by atoms with Crippen molar-refractivity contribution < 1.29 is 66.3 Å². The van der Waals surface area contributed by atoms with Gasteiger partial charge in [0.05, 0.1) is 17.9 Å². The number of amides is 8. The summed E-state index contributed by atoms with van der Waals surface area (Å²) in [5, 5.41) is 13.4. The van der Waals surface area contributed by atoms with E-state index in [1.807, 2.05) is 12.1 Å². The lowest BCUT2D eigenvalue weighted by atomic mass is 9.67. The van der Waals surface area contributed by atoms with E-state index in [0.29, 0.717) is 82.6 Å². The van der Waals surface area contributed by atoms with Crippen molar-refractivity contribution in [3.8, 4) is 11.5 Å². The molecule has 6 N–H and O–H groups in total. The summed E-state index contributed by atoms with van der Waals surface area (Å²) < 4.78 is 34.4. The average molecular weight is 1220 g/mol. The van der Waals surface area contributed by atoms with Crippen molar-refractivity contribution in [3.05, 3.63) is 137 Å². The van der Waals surface area contributed by atoms with Crippen LogP contribution in [0.25, 0.3) is 33.7 Å². The molecule has 0 saturated heterocycles. The van der Waals surface area contributed by atoms with Gasteiger partial charge in [0.25, 0.3) is 23.6 Å². The SMILES string of the molecule is O=C(CNC(=O)C1(C(=O)NCCCCCN2C(=O)C=CC2=O)CCC1)NCCC(=O)Nc1cc(/C=C/C(=O)N2C[C@@H](CCl)c3c2cc(O[P+](=O)O)c2ccccc32)ccc1/C=C/C(=O)N1CC(/C=C/Cl)c2c1cc(O[P+](=O)O)c1ccccc21. The first-order chi connectivity index (χ1) is 40.5. The molecule has 84 heavy (non-hydrogen) atoms. The van der Waals surface area contributed by atoms with Crippen molar-refractivity contribution in [3.63, 3.8) is 0 Å². The van der Waals surface area contributed by atoms with Crippen molar-refractivity contribution in [2.75, 3.05) is 60.3 Å². The van der Waals surface area contributed by atoms with E-state index in [1.165, 1.54) is 57.9 Å². The summed E-state index contributed by atoms with van der Waals surface area (Å²) in [7, 11) is -6.10. The van der Waals surface area contributed by atoms with Gasteiger partial charge in [0.1, 0.15) is 5.41 Å². The molecule has 1 aliphatic carbocycles. The number of benzene rings is 5.